The Morgan fingerprint density at radius 1 is 1.05 bits per heavy atom. The van der Waals surface area contributed by atoms with E-state index in [1.807, 2.05) is 0 Å². The van der Waals surface area contributed by atoms with Gasteiger partial charge in [-0.1, -0.05) is 65.7 Å². The average Bonchev–Trinajstić information content (AvgIpc) is 3.43. The number of ether oxygens (including phenoxy) is 1. The highest BCUT2D eigenvalue weighted by atomic mass is 35.5. The minimum absolute atomic E-state index is 0.0383. The average molecular weight is 605 g/mol. The molecule has 1 aliphatic heterocycles. The molecule has 0 radical (unpaired) electrons. The maximum Gasteiger partial charge on any atom is 0.338 e. The Kier molecular flexibility index (Phi) is 9.15. The molecule has 1 saturated heterocycles. The zero-order valence-electron chi connectivity index (χ0n) is 21.3. The van der Waals surface area contributed by atoms with Crippen molar-refractivity contribution in [2.24, 2.45) is 0 Å². The molecule has 3 aromatic carbocycles. The monoisotopic (exact) mass is 604 g/mol. The fourth-order valence-electron chi connectivity index (χ4n) is 4.65. The summed E-state index contributed by atoms with van der Waals surface area (Å²) in [6.45, 7) is 0.0940. The molecule has 1 heterocycles. The van der Waals surface area contributed by atoms with E-state index in [-0.39, 0.29) is 34.3 Å². The van der Waals surface area contributed by atoms with Crippen LogP contribution in [0.3, 0.4) is 0 Å². The van der Waals surface area contributed by atoms with E-state index in [2.05, 4.69) is 5.32 Å². The number of nitrogens with zero attached hydrogens (tertiary/aromatic N) is 1. The van der Waals surface area contributed by atoms with Crippen molar-refractivity contribution in [2.45, 2.75) is 36.2 Å². The zero-order valence-corrected chi connectivity index (χ0v) is 23.7. The first-order valence-electron chi connectivity index (χ1n) is 12.3. The highest BCUT2D eigenvalue weighted by molar-refractivity contribution is 7.89. The van der Waals surface area contributed by atoms with Gasteiger partial charge in [-0.3, -0.25) is 4.79 Å². The van der Waals surface area contributed by atoms with Gasteiger partial charge in [-0.05, 0) is 53.8 Å². The van der Waals surface area contributed by atoms with Crippen molar-refractivity contribution in [3.63, 3.8) is 0 Å². The zero-order chi connectivity index (χ0) is 29.0. The molecule has 0 spiro atoms. The lowest BCUT2D eigenvalue weighted by atomic mass is 9.97. The molecule has 1 fully saturated rings. The molecule has 0 bridgehead atoms. The molecule has 0 saturated carbocycles. The van der Waals surface area contributed by atoms with Crippen molar-refractivity contribution in [1.29, 1.82) is 0 Å². The van der Waals surface area contributed by atoms with Crippen molar-refractivity contribution in [1.82, 2.24) is 9.62 Å². The molecule has 40 heavy (non-hydrogen) atoms. The maximum atomic E-state index is 13.3. The van der Waals surface area contributed by atoms with Gasteiger partial charge < -0.3 is 15.2 Å². The van der Waals surface area contributed by atoms with Crippen molar-refractivity contribution in [3.05, 3.63) is 87.9 Å². The van der Waals surface area contributed by atoms with E-state index in [1.165, 1.54) is 25.3 Å². The van der Waals surface area contributed by atoms with Crippen molar-refractivity contribution in [2.75, 3.05) is 13.7 Å². The number of hydrogen-bond acceptors (Lipinski definition) is 6. The second kappa shape index (κ2) is 12.4. The number of carboxylic acid groups (broad SMARTS) is 1. The number of carbonyl (C=O) groups excluding carboxylic acids is 2. The number of rotatable bonds is 9. The third-order valence-electron chi connectivity index (χ3n) is 6.60. The number of halogens is 2. The Labute approximate surface area is 241 Å². The highest BCUT2D eigenvalue weighted by Gasteiger charge is 2.40. The van der Waals surface area contributed by atoms with Crippen LogP contribution in [-0.2, 0) is 30.8 Å². The number of carbonyl (C=O) groups is 3. The van der Waals surface area contributed by atoms with E-state index in [4.69, 9.17) is 27.9 Å². The van der Waals surface area contributed by atoms with E-state index in [9.17, 15) is 27.9 Å². The molecule has 3 aromatic rings. The van der Waals surface area contributed by atoms with Gasteiger partial charge in [0.2, 0.25) is 15.9 Å². The predicted octanol–water partition coefficient (Wildman–Crippen LogP) is 4.41. The SMILES string of the molecule is COC(=O)c1ccccc1-c1ccc(C[C@H](NC(=O)[C@@H]2CCCN2S(=O)(=O)c2cc(Cl)cc(Cl)c2)C(=O)O)cc1. The summed E-state index contributed by atoms with van der Waals surface area (Å²) < 4.78 is 32.5. The van der Waals surface area contributed by atoms with Crippen LogP contribution in [-0.4, -0.2) is 61.4 Å². The third-order valence-corrected chi connectivity index (χ3v) is 8.92. The van der Waals surface area contributed by atoms with Gasteiger partial charge in [0.15, 0.2) is 0 Å². The number of benzene rings is 3. The second-order valence-corrected chi connectivity index (χ2v) is 12.0. The van der Waals surface area contributed by atoms with Crippen molar-refractivity contribution < 1.29 is 32.6 Å². The molecule has 12 heteroatoms. The van der Waals surface area contributed by atoms with Crippen LogP contribution in [0, 0.1) is 0 Å². The van der Waals surface area contributed by atoms with Crippen LogP contribution in [0.15, 0.2) is 71.6 Å². The third kappa shape index (κ3) is 6.47. The Balaban J connectivity index is 1.50. The Bertz CT molecular complexity index is 1520. The summed E-state index contributed by atoms with van der Waals surface area (Å²) in [6, 6.07) is 15.4. The smallest absolute Gasteiger partial charge is 0.338 e. The number of aliphatic carboxylic acids is 1. The van der Waals surface area contributed by atoms with E-state index >= 15 is 0 Å². The molecule has 1 aliphatic rings. The lowest BCUT2D eigenvalue weighted by molar-refractivity contribution is -0.142. The molecule has 2 atom stereocenters. The molecule has 210 valence electrons. The normalized spacial score (nSPS) is 16.3. The number of esters is 1. The van der Waals surface area contributed by atoms with Crippen LogP contribution in [0.1, 0.15) is 28.8 Å². The summed E-state index contributed by atoms with van der Waals surface area (Å²) >= 11 is 12.0. The van der Waals surface area contributed by atoms with Crippen molar-refractivity contribution in [3.8, 4) is 11.1 Å². The fourth-order valence-corrected chi connectivity index (χ4v) is 7.03. The molecule has 0 aromatic heterocycles. The van der Waals surface area contributed by atoms with Gasteiger partial charge in [0.25, 0.3) is 0 Å². The Morgan fingerprint density at radius 2 is 1.70 bits per heavy atom. The van der Waals surface area contributed by atoms with Gasteiger partial charge in [-0.25, -0.2) is 18.0 Å². The molecular formula is C28H26Cl2N2O7S. The van der Waals surface area contributed by atoms with Crippen LogP contribution in [0.25, 0.3) is 11.1 Å². The molecule has 4 rings (SSSR count). The summed E-state index contributed by atoms with van der Waals surface area (Å²) in [5, 5.41) is 12.6. The lowest BCUT2D eigenvalue weighted by Gasteiger charge is -2.25. The van der Waals surface area contributed by atoms with Crippen LogP contribution in [0.5, 0.6) is 0 Å². The molecule has 0 aliphatic carbocycles. The minimum atomic E-state index is -4.11. The first-order valence-corrected chi connectivity index (χ1v) is 14.5. The highest BCUT2D eigenvalue weighted by Crippen LogP contribution is 2.30. The van der Waals surface area contributed by atoms with E-state index in [0.717, 1.165) is 9.87 Å². The fraction of sp³-hybridized carbons (Fsp3) is 0.250. The van der Waals surface area contributed by atoms with Gasteiger partial charge in [0.1, 0.15) is 12.1 Å². The molecule has 1 amide bonds. The van der Waals surface area contributed by atoms with Crippen LogP contribution < -0.4 is 5.32 Å². The van der Waals surface area contributed by atoms with E-state index in [0.29, 0.717) is 23.1 Å². The molecular weight excluding hydrogens is 579 g/mol. The van der Waals surface area contributed by atoms with E-state index < -0.39 is 40.0 Å². The molecule has 2 N–H and O–H groups in total. The summed E-state index contributed by atoms with van der Waals surface area (Å²) in [5.41, 5.74) is 2.40. The van der Waals surface area contributed by atoms with Gasteiger partial charge in [-0.15, -0.1) is 0 Å². The number of methoxy groups -OCH3 is 1. The summed E-state index contributed by atoms with van der Waals surface area (Å²) in [4.78, 5) is 37.2. The maximum absolute atomic E-state index is 13.3. The first-order chi connectivity index (χ1) is 19.0. The number of nitrogens with one attached hydrogen (secondary N) is 1. The summed E-state index contributed by atoms with van der Waals surface area (Å²) in [5.74, 6) is -2.44. The van der Waals surface area contributed by atoms with Gasteiger partial charge in [0, 0.05) is 23.0 Å². The van der Waals surface area contributed by atoms with Gasteiger partial charge >= 0.3 is 11.9 Å². The summed E-state index contributed by atoms with van der Waals surface area (Å²) in [7, 11) is -2.81. The van der Waals surface area contributed by atoms with Crippen LogP contribution >= 0.6 is 23.2 Å². The topological polar surface area (TPSA) is 130 Å². The Hall–Kier alpha value is -3.44. The number of carboxylic acids is 1. The minimum Gasteiger partial charge on any atom is -0.480 e. The first kappa shape index (κ1) is 29.5. The standard InChI is InChI=1S/C28H26Cl2N2O7S/c1-39-28(36)23-6-3-2-5-22(23)18-10-8-17(9-11-18)13-24(27(34)35)31-26(33)25-7-4-12-32(25)40(37,38)21-15-19(29)14-20(30)16-21/h2-3,5-6,8-11,14-16,24-25H,4,7,12-13H2,1H3,(H,31,33)(H,34,35)/t24-,25-/m0/s1. The summed E-state index contributed by atoms with van der Waals surface area (Å²) in [6.07, 6.45) is 0.626. The van der Waals surface area contributed by atoms with Gasteiger partial charge in [0.05, 0.1) is 17.6 Å². The predicted molar refractivity (Wildman–Crippen MR) is 150 cm³/mol. The largest absolute Gasteiger partial charge is 0.480 e. The molecule has 9 nitrogen and oxygen atoms in total. The molecule has 0 unspecified atom stereocenters. The van der Waals surface area contributed by atoms with E-state index in [1.54, 1.807) is 48.5 Å². The van der Waals surface area contributed by atoms with Gasteiger partial charge in [-0.2, -0.15) is 4.31 Å². The quantitative estimate of drug-likeness (QED) is 0.346. The second-order valence-electron chi connectivity index (χ2n) is 9.22. The number of hydrogen-bond donors (Lipinski definition) is 2. The van der Waals surface area contributed by atoms with Crippen molar-refractivity contribution >= 4 is 51.1 Å². The number of amides is 1. The Morgan fingerprint density at radius 3 is 2.33 bits per heavy atom. The van der Waals surface area contributed by atoms with Crippen LogP contribution in [0.2, 0.25) is 10.0 Å². The van der Waals surface area contributed by atoms with Crippen LogP contribution in [0.4, 0.5) is 0 Å². The number of sulfonamides is 1. The lowest BCUT2D eigenvalue weighted by Crippen LogP contribution is -2.51.